The molecule has 0 aromatic heterocycles. The number of nitrogens with zero attached hydrogens (tertiary/aromatic N) is 1. The third-order valence-corrected chi connectivity index (χ3v) is 8.03. The second-order valence-electron chi connectivity index (χ2n) is 12.6. The average molecular weight is 558 g/mol. The molecular formula is C24H43N7S4. The molecule has 11 heteroatoms. The summed E-state index contributed by atoms with van der Waals surface area (Å²) < 4.78 is 0. The lowest BCUT2D eigenvalue weighted by atomic mass is 9.62. The SMILES string of the molecule is CC1(C)CC(NC(N)=S)CC(C)(CNC(=S)NCC2(C)CC(N=C=S)CC(C)(CNC(N)=S)C2)C1. The summed E-state index contributed by atoms with van der Waals surface area (Å²) in [6.45, 7) is 13.7. The van der Waals surface area contributed by atoms with Gasteiger partial charge in [0.1, 0.15) is 0 Å². The van der Waals surface area contributed by atoms with Crippen molar-refractivity contribution in [3.05, 3.63) is 0 Å². The van der Waals surface area contributed by atoms with E-state index in [2.05, 4.69) is 66.0 Å². The average Bonchev–Trinajstić information content (AvgIpc) is 2.67. The van der Waals surface area contributed by atoms with E-state index in [4.69, 9.17) is 60.3 Å². The van der Waals surface area contributed by atoms with Gasteiger partial charge in [-0.05, 0) is 109 Å². The van der Waals surface area contributed by atoms with Gasteiger partial charge in [-0.15, -0.1) is 0 Å². The third kappa shape index (κ3) is 10.0. The Balaban J connectivity index is 1.97. The molecule has 0 saturated heterocycles. The zero-order valence-electron chi connectivity index (χ0n) is 21.8. The van der Waals surface area contributed by atoms with Gasteiger partial charge < -0.3 is 32.7 Å². The van der Waals surface area contributed by atoms with Crippen LogP contribution in [0.3, 0.4) is 0 Å². The Kier molecular flexibility index (Phi) is 10.3. The van der Waals surface area contributed by atoms with Crippen LogP contribution >= 0.6 is 48.9 Å². The van der Waals surface area contributed by atoms with Crippen molar-refractivity contribution in [3.63, 3.8) is 0 Å². The van der Waals surface area contributed by atoms with Crippen LogP contribution in [0.1, 0.15) is 73.1 Å². The highest BCUT2D eigenvalue weighted by molar-refractivity contribution is 7.80. The maximum atomic E-state index is 5.77. The van der Waals surface area contributed by atoms with Crippen LogP contribution in [-0.2, 0) is 0 Å². The topological polar surface area (TPSA) is 113 Å². The maximum absolute atomic E-state index is 5.77. The summed E-state index contributed by atoms with van der Waals surface area (Å²) in [7, 11) is 0. The molecule has 0 amide bonds. The van der Waals surface area contributed by atoms with E-state index in [0.29, 0.717) is 21.9 Å². The van der Waals surface area contributed by atoms with E-state index in [1.54, 1.807) is 0 Å². The largest absolute Gasteiger partial charge is 0.376 e. The molecule has 0 bridgehead atoms. The number of isothiocyanates is 1. The van der Waals surface area contributed by atoms with Gasteiger partial charge in [-0.2, -0.15) is 0 Å². The third-order valence-electron chi connectivity index (χ3n) is 7.38. The zero-order chi connectivity index (χ0) is 26.5. The second-order valence-corrected chi connectivity index (χ2v) is 14.1. The summed E-state index contributed by atoms with van der Waals surface area (Å²) in [5.41, 5.74) is 11.7. The van der Waals surface area contributed by atoms with Crippen LogP contribution in [0, 0.1) is 21.7 Å². The first-order valence-electron chi connectivity index (χ1n) is 12.2. The van der Waals surface area contributed by atoms with E-state index >= 15 is 0 Å². The van der Waals surface area contributed by atoms with Crippen molar-refractivity contribution in [2.45, 2.75) is 85.2 Å². The van der Waals surface area contributed by atoms with Crippen molar-refractivity contribution in [1.82, 2.24) is 21.3 Å². The van der Waals surface area contributed by atoms with Gasteiger partial charge in [-0.3, -0.25) is 0 Å². The van der Waals surface area contributed by atoms with Gasteiger partial charge in [-0.1, -0.05) is 34.6 Å². The molecular weight excluding hydrogens is 515 g/mol. The van der Waals surface area contributed by atoms with Gasteiger partial charge in [0.15, 0.2) is 15.3 Å². The molecule has 0 aliphatic heterocycles. The minimum atomic E-state index is -0.0143. The highest BCUT2D eigenvalue weighted by Gasteiger charge is 2.44. The first-order chi connectivity index (χ1) is 16.1. The Morgan fingerprint density at radius 3 is 1.80 bits per heavy atom. The molecule has 7 nitrogen and oxygen atoms in total. The summed E-state index contributed by atoms with van der Waals surface area (Å²) in [4.78, 5) is 4.45. The van der Waals surface area contributed by atoms with E-state index in [9.17, 15) is 0 Å². The van der Waals surface area contributed by atoms with Crippen LogP contribution in [0.5, 0.6) is 0 Å². The van der Waals surface area contributed by atoms with Crippen molar-refractivity contribution in [1.29, 1.82) is 0 Å². The number of nitrogens with one attached hydrogen (secondary N) is 4. The lowest BCUT2D eigenvalue weighted by molar-refractivity contribution is 0.0753. The first-order valence-corrected chi connectivity index (χ1v) is 13.9. The maximum Gasteiger partial charge on any atom is 0.166 e. The molecule has 2 aliphatic carbocycles. The second kappa shape index (κ2) is 11.9. The Morgan fingerprint density at radius 2 is 1.31 bits per heavy atom. The number of hydrogen-bond acceptors (Lipinski definition) is 5. The van der Waals surface area contributed by atoms with E-state index in [1.165, 1.54) is 0 Å². The van der Waals surface area contributed by atoms with Crippen LogP contribution in [0.15, 0.2) is 4.99 Å². The first kappa shape index (κ1) is 30.1. The van der Waals surface area contributed by atoms with Gasteiger partial charge in [0.05, 0.1) is 11.2 Å². The molecule has 0 aromatic carbocycles. The molecule has 0 heterocycles. The predicted molar refractivity (Wildman–Crippen MR) is 162 cm³/mol. The number of aliphatic imine (C=N–C) groups is 1. The van der Waals surface area contributed by atoms with Gasteiger partial charge in [0, 0.05) is 25.7 Å². The fourth-order valence-corrected chi connectivity index (χ4v) is 7.37. The molecule has 0 radical (unpaired) electrons. The molecule has 2 rings (SSSR count). The van der Waals surface area contributed by atoms with E-state index in [1.807, 2.05) is 0 Å². The van der Waals surface area contributed by atoms with Crippen LogP contribution in [-0.4, -0.2) is 52.2 Å². The molecule has 2 aliphatic rings. The highest BCUT2D eigenvalue weighted by atomic mass is 32.1. The molecule has 0 aromatic rings. The summed E-state index contributed by atoms with van der Waals surface area (Å²) >= 11 is 20.7. The van der Waals surface area contributed by atoms with Crippen molar-refractivity contribution >= 4 is 69.4 Å². The zero-order valence-corrected chi connectivity index (χ0v) is 25.0. The van der Waals surface area contributed by atoms with Gasteiger partial charge in [0.25, 0.3) is 0 Å². The molecule has 5 atom stereocenters. The summed E-state index contributed by atoms with van der Waals surface area (Å²) in [5.74, 6) is 0. The van der Waals surface area contributed by atoms with Crippen LogP contribution < -0.4 is 32.7 Å². The van der Waals surface area contributed by atoms with Crippen LogP contribution in [0.4, 0.5) is 0 Å². The quantitative estimate of drug-likeness (QED) is 0.196. The predicted octanol–water partition coefficient (Wildman–Crippen LogP) is 3.37. The molecule has 0 spiro atoms. The Hall–Kier alpha value is -1.13. The lowest BCUT2D eigenvalue weighted by Crippen LogP contribution is -2.53. The fourth-order valence-electron chi connectivity index (χ4n) is 6.84. The van der Waals surface area contributed by atoms with Crippen molar-refractivity contribution in [2.24, 2.45) is 38.1 Å². The number of nitrogens with two attached hydrogens (primary N) is 2. The minimum Gasteiger partial charge on any atom is -0.376 e. The number of thiocarbonyl (C=S) groups is 4. The molecule has 8 N–H and O–H groups in total. The smallest absolute Gasteiger partial charge is 0.166 e. The number of rotatable bonds is 8. The monoisotopic (exact) mass is 557 g/mol. The molecule has 2 saturated carbocycles. The highest BCUT2D eigenvalue weighted by Crippen LogP contribution is 2.47. The van der Waals surface area contributed by atoms with Crippen LogP contribution in [0.2, 0.25) is 0 Å². The van der Waals surface area contributed by atoms with Crippen molar-refractivity contribution in [2.75, 3.05) is 19.6 Å². The lowest BCUT2D eigenvalue weighted by Gasteiger charge is -2.48. The van der Waals surface area contributed by atoms with Gasteiger partial charge >= 0.3 is 0 Å². The van der Waals surface area contributed by atoms with Gasteiger partial charge in [0.2, 0.25) is 0 Å². The molecule has 198 valence electrons. The Labute approximate surface area is 232 Å². The van der Waals surface area contributed by atoms with E-state index < -0.39 is 0 Å². The summed E-state index contributed by atoms with van der Waals surface area (Å²) in [6.07, 6.45) is 5.98. The standard InChI is InChI=1S/C24H43N7S4/c1-21(2)6-17(31-19(26)34)9-22(3,10-21)13-28-20(35)29-14-24(5)8-16(30-15-32)7-23(4,11-24)12-27-18(25)33/h16-17H,6-14H2,1-5H3,(H3,25,27,33)(H3,26,31,34)(H2,28,29,35). The normalized spacial score (nSPS) is 34.1. The Morgan fingerprint density at radius 1 is 0.800 bits per heavy atom. The fraction of sp³-hybridized carbons (Fsp3) is 0.833. The minimum absolute atomic E-state index is 0.0136. The summed E-state index contributed by atoms with van der Waals surface area (Å²) in [5, 5.41) is 17.4. The van der Waals surface area contributed by atoms with Gasteiger partial charge in [-0.25, -0.2) is 4.99 Å². The van der Waals surface area contributed by atoms with E-state index in [0.717, 1.165) is 51.6 Å². The van der Waals surface area contributed by atoms with Crippen LogP contribution in [0.25, 0.3) is 0 Å². The van der Waals surface area contributed by atoms with Crippen molar-refractivity contribution in [3.8, 4) is 0 Å². The molecule has 2 fully saturated rings. The molecule has 35 heavy (non-hydrogen) atoms. The summed E-state index contributed by atoms with van der Waals surface area (Å²) in [6, 6.07) is 0.395. The number of hydrogen-bond donors (Lipinski definition) is 6. The molecule has 5 unspecified atom stereocenters. The Bertz CT molecular complexity index is 859. The van der Waals surface area contributed by atoms with E-state index in [-0.39, 0.29) is 33.7 Å². The van der Waals surface area contributed by atoms with Crippen molar-refractivity contribution < 1.29 is 0 Å².